The van der Waals surface area contributed by atoms with E-state index in [1.165, 1.54) is 25.5 Å². The summed E-state index contributed by atoms with van der Waals surface area (Å²) in [5.41, 5.74) is 7.07. The van der Waals surface area contributed by atoms with Gasteiger partial charge >= 0.3 is 5.97 Å². The van der Waals surface area contributed by atoms with Crippen molar-refractivity contribution >= 4 is 44.9 Å². The van der Waals surface area contributed by atoms with E-state index in [0.29, 0.717) is 38.3 Å². The van der Waals surface area contributed by atoms with Gasteiger partial charge in [-0.1, -0.05) is 60.7 Å². The monoisotopic (exact) mass is 609 g/mol. The molecule has 0 aliphatic carbocycles. The summed E-state index contributed by atoms with van der Waals surface area (Å²) in [6, 6.07) is 28.9. The van der Waals surface area contributed by atoms with E-state index in [2.05, 4.69) is 26.5 Å². The molecule has 0 radical (unpaired) electrons. The van der Waals surface area contributed by atoms with E-state index in [-0.39, 0.29) is 18.1 Å². The number of carboxylic acid groups (broad SMARTS) is 1. The van der Waals surface area contributed by atoms with Crippen LogP contribution in [0.15, 0.2) is 107 Å². The Labute approximate surface area is 244 Å². The lowest BCUT2D eigenvalue weighted by Gasteiger charge is -2.13. The molecule has 41 heavy (non-hydrogen) atoms. The van der Waals surface area contributed by atoms with Crippen LogP contribution in [-0.4, -0.2) is 35.3 Å². The second-order valence-corrected chi connectivity index (χ2v) is 9.82. The molecular weight excluding hydrogens is 586 g/mol. The van der Waals surface area contributed by atoms with E-state index in [0.717, 1.165) is 16.5 Å². The Hall–Kier alpha value is -5.02. The van der Waals surface area contributed by atoms with Gasteiger partial charge in [-0.15, -0.1) is 0 Å². The van der Waals surface area contributed by atoms with E-state index in [1.54, 1.807) is 30.3 Å². The molecule has 204 valence electrons. The average molecular weight is 610 g/mol. The number of aromatic carboxylic acids is 1. The van der Waals surface area contributed by atoms with Crippen LogP contribution >= 0.6 is 15.9 Å². The molecule has 0 aliphatic heterocycles. The van der Waals surface area contributed by atoms with Crippen molar-refractivity contribution in [3.05, 3.63) is 124 Å². The van der Waals surface area contributed by atoms with Crippen molar-refractivity contribution in [3.8, 4) is 22.8 Å². The largest absolute Gasteiger partial charge is 0.493 e. The van der Waals surface area contributed by atoms with Gasteiger partial charge in [-0.2, -0.15) is 5.10 Å². The molecule has 0 saturated heterocycles. The van der Waals surface area contributed by atoms with Crippen molar-refractivity contribution in [2.75, 3.05) is 7.11 Å². The van der Waals surface area contributed by atoms with Gasteiger partial charge in [-0.05, 0) is 63.5 Å². The molecule has 0 unspecified atom stereocenters. The number of nitrogens with zero attached hydrogens (tertiary/aromatic N) is 2. The van der Waals surface area contributed by atoms with Crippen molar-refractivity contribution in [2.24, 2.45) is 5.10 Å². The summed E-state index contributed by atoms with van der Waals surface area (Å²) in [6.45, 7) is 0.212. The van der Waals surface area contributed by atoms with Crippen LogP contribution in [0.2, 0.25) is 0 Å². The van der Waals surface area contributed by atoms with Crippen LogP contribution in [0.4, 0.5) is 0 Å². The highest BCUT2D eigenvalue weighted by Gasteiger charge is 2.15. The summed E-state index contributed by atoms with van der Waals surface area (Å²) in [5, 5.41) is 14.0. The van der Waals surface area contributed by atoms with Gasteiger partial charge < -0.3 is 14.6 Å². The topological polar surface area (TPSA) is 110 Å². The van der Waals surface area contributed by atoms with Crippen LogP contribution in [0, 0.1) is 0 Å². The molecule has 2 N–H and O–H groups in total. The van der Waals surface area contributed by atoms with Gasteiger partial charge in [-0.25, -0.2) is 15.2 Å². The number of aromatic nitrogens is 1. The maximum Gasteiger partial charge on any atom is 0.335 e. The van der Waals surface area contributed by atoms with Crippen molar-refractivity contribution in [2.45, 2.75) is 6.61 Å². The lowest BCUT2D eigenvalue weighted by molar-refractivity contribution is 0.0696. The second kappa shape index (κ2) is 12.4. The Bertz CT molecular complexity index is 1760. The molecule has 0 bridgehead atoms. The van der Waals surface area contributed by atoms with Gasteiger partial charge in [0.25, 0.3) is 5.91 Å². The summed E-state index contributed by atoms with van der Waals surface area (Å²) < 4.78 is 12.1. The summed E-state index contributed by atoms with van der Waals surface area (Å²) in [6.07, 6.45) is 1.51. The van der Waals surface area contributed by atoms with E-state index < -0.39 is 5.97 Å². The first-order valence-electron chi connectivity index (χ1n) is 12.5. The molecule has 0 fully saturated rings. The Morgan fingerprint density at radius 2 is 1.71 bits per heavy atom. The van der Waals surface area contributed by atoms with Crippen LogP contribution in [-0.2, 0) is 6.61 Å². The standard InChI is InChI=1S/C32H24BrN3O5/c1-40-29-16-21(15-26(33)30(29)41-19-20-11-13-23(14-12-20)32(38)39)18-34-36-31(37)25-17-28(22-7-3-2-4-8-22)35-27-10-6-5-9-24(25)27/h2-18H,19H2,1H3,(H,36,37)(H,38,39)/b34-18+. The fraction of sp³-hybridized carbons (Fsp3) is 0.0625. The highest BCUT2D eigenvalue weighted by molar-refractivity contribution is 9.10. The second-order valence-electron chi connectivity index (χ2n) is 8.96. The highest BCUT2D eigenvalue weighted by Crippen LogP contribution is 2.37. The average Bonchev–Trinajstić information content (AvgIpc) is 3.00. The SMILES string of the molecule is COc1cc(/C=N/NC(=O)c2cc(-c3ccccc3)nc3ccccc23)cc(Br)c1OCc1ccc(C(=O)O)cc1. The zero-order valence-corrected chi connectivity index (χ0v) is 23.5. The number of ether oxygens (including phenoxy) is 2. The van der Waals surface area contributed by atoms with Crippen molar-refractivity contribution in [1.29, 1.82) is 0 Å². The third-order valence-electron chi connectivity index (χ3n) is 6.25. The number of hydrogen-bond donors (Lipinski definition) is 2. The van der Waals surface area contributed by atoms with Gasteiger partial charge in [-0.3, -0.25) is 4.79 Å². The molecule has 9 heteroatoms. The molecule has 5 rings (SSSR count). The first kappa shape index (κ1) is 27.5. The number of pyridine rings is 1. The molecule has 0 aliphatic rings. The molecule has 1 amide bonds. The minimum absolute atomic E-state index is 0.206. The normalized spacial score (nSPS) is 11.0. The number of carbonyl (C=O) groups is 2. The van der Waals surface area contributed by atoms with Crippen LogP contribution in [0.25, 0.3) is 22.2 Å². The van der Waals surface area contributed by atoms with Crippen molar-refractivity contribution in [1.82, 2.24) is 10.4 Å². The van der Waals surface area contributed by atoms with Crippen LogP contribution in [0.5, 0.6) is 11.5 Å². The van der Waals surface area contributed by atoms with E-state index >= 15 is 0 Å². The van der Waals surface area contributed by atoms with Gasteiger partial charge in [0, 0.05) is 10.9 Å². The van der Waals surface area contributed by atoms with E-state index in [1.807, 2.05) is 54.6 Å². The highest BCUT2D eigenvalue weighted by atomic mass is 79.9. The molecule has 4 aromatic carbocycles. The maximum absolute atomic E-state index is 13.2. The minimum Gasteiger partial charge on any atom is -0.493 e. The number of para-hydroxylation sites is 1. The number of methoxy groups -OCH3 is 1. The number of carbonyl (C=O) groups excluding carboxylic acids is 1. The number of hydrogen-bond acceptors (Lipinski definition) is 6. The van der Waals surface area contributed by atoms with Crippen LogP contribution < -0.4 is 14.9 Å². The molecule has 0 saturated carbocycles. The molecule has 1 aromatic heterocycles. The summed E-state index contributed by atoms with van der Waals surface area (Å²) in [5.74, 6) is -0.409. The number of amides is 1. The first-order valence-corrected chi connectivity index (χ1v) is 13.3. The first-order chi connectivity index (χ1) is 19.9. The number of fused-ring (bicyclic) bond motifs is 1. The van der Waals surface area contributed by atoms with Gasteiger partial charge in [0.1, 0.15) is 6.61 Å². The lowest BCUT2D eigenvalue weighted by atomic mass is 10.0. The van der Waals surface area contributed by atoms with Crippen LogP contribution in [0.1, 0.15) is 31.8 Å². The fourth-order valence-electron chi connectivity index (χ4n) is 4.20. The predicted molar refractivity (Wildman–Crippen MR) is 161 cm³/mol. The van der Waals surface area contributed by atoms with Crippen molar-refractivity contribution in [3.63, 3.8) is 0 Å². The van der Waals surface area contributed by atoms with E-state index in [4.69, 9.17) is 19.6 Å². The Balaban J connectivity index is 1.32. The van der Waals surface area contributed by atoms with Crippen molar-refractivity contribution < 1.29 is 24.2 Å². The number of nitrogens with one attached hydrogen (secondary N) is 1. The molecule has 0 atom stereocenters. The molecular formula is C32H24BrN3O5. The van der Waals surface area contributed by atoms with Gasteiger partial charge in [0.05, 0.1) is 40.1 Å². The molecule has 5 aromatic rings. The Morgan fingerprint density at radius 3 is 2.44 bits per heavy atom. The number of hydrazone groups is 1. The number of carboxylic acids is 1. The zero-order valence-electron chi connectivity index (χ0n) is 21.9. The summed E-state index contributed by atoms with van der Waals surface area (Å²) >= 11 is 3.52. The quantitative estimate of drug-likeness (QED) is 0.142. The summed E-state index contributed by atoms with van der Waals surface area (Å²) in [4.78, 5) is 29.0. The fourth-order valence-corrected chi connectivity index (χ4v) is 4.77. The molecule has 8 nitrogen and oxygen atoms in total. The maximum atomic E-state index is 13.2. The molecule has 1 heterocycles. The number of halogens is 1. The Morgan fingerprint density at radius 1 is 0.976 bits per heavy atom. The predicted octanol–water partition coefficient (Wildman–Crippen LogP) is 6.71. The summed E-state index contributed by atoms with van der Waals surface area (Å²) in [7, 11) is 1.53. The van der Waals surface area contributed by atoms with Gasteiger partial charge in [0.15, 0.2) is 11.5 Å². The number of benzene rings is 4. The lowest BCUT2D eigenvalue weighted by Crippen LogP contribution is -2.18. The zero-order chi connectivity index (χ0) is 28.8. The third kappa shape index (κ3) is 6.42. The molecule has 0 spiro atoms. The minimum atomic E-state index is -0.985. The third-order valence-corrected chi connectivity index (χ3v) is 6.83. The Kier molecular flexibility index (Phi) is 8.36. The van der Waals surface area contributed by atoms with Gasteiger partial charge in [0.2, 0.25) is 0 Å². The number of rotatable bonds is 9. The smallest absolute Gasteiger partial charge is 0.335 e. The van der Waals surface area contributed by atoms with E-state index in [9.17, 15) is 9.59 Å². The van der Waals surface area contributed by atoms with Crippen LogP contribution in [0.3, 0.4) is 0 Å².